The van der Waals surface area contributed by atoms with Crippen LogP contribution in [0.2, 0.25) is 0 Å². The van der Waals surface area contributed by atoms with E-state index in [1.54, 1.807) is 17.9 Å². The molecule has 6 heteroatoms. The van der Waals surface area contributed by atoms with E-state index in [1.807, 2.05) is 6.92 Å². The molecule has 2 atom stereocenters. The van der Waals surface area contributed by atoms with Crippen LogP contribution in [0.3, 0.4) is 0 Å². The first kappa shape index (κ1) is 15.3. The molecule has 0 aliphatic carbocycles. The Morgan fingerprint density at radius 2 is 2.10 bits per heavy atom. The molecule has 0 radical (unpaired) electrons. The standard InChI is InChI=1S/C15H19FN2O3/c1-9-5-12(16)8-13(6-9)17-15(21)18-4-3-11(14(19)20)7-10(18)2/h5-6,8,10-11H,3-4,7H2,1-2H3,(H,17,21)(H,19,20). The number of carboxylic acid groups (broad SMARTS) is 1. The number of carbonyl (C=O) groups is 2. The van der Waals surface area contributed by atoms with Gasteiger partial charge in [0.25, 0.3) is 0 Å². The monoisotopic (exact) mass is 294 g/mol. The molecule has 0 saturated carbocycles. The molecule has 2 rings (SSSR count). The molecule has 2 amide bonds. The largest absolute Gasteiger partial charge is 0.481 e. The number of amides is 2. The molecule has 1 heterocycles. The Bertz CT molecular complexity index is 542. The Hall–Kier alpha value is -2.11. The fourth-order valence-corrected chi connectivity index (χ4v) is 2.70. The highest BCUT2D eigenvalue weighted by atomic mass is 19.1. The highest BCUT2D eigenvalue weighted by Gasteiger charge is 2.32. The zero-order valence-electron chi connectivity index (χ0n) is 12.1. The summed E-state index contributed by atoms with van der Waals surface area (Å²) in [5, 5.41) is 11.7. The van der Waals surface area contributed by atoms with Crippen LogP contribution < -0.4 is 5.32 Å². The van der Waals surface area contributed by atoms with Crippen molar-refractivity contribution in [1.82, 2.24) is 4.90 Å². The van der Waals surface area contributed by atoms with Gasteiger partial charge in [0.2, 0.25) is 0 Å². The molecular weight excluding hydrogens is 275 g/mol. The highest BCUT2D eigenvalue weighted by molar-refractivity contribution is 5.89. The molecule has 21 heavy (non-hydrogen) atoms. The van der Waals surface area contributed by atoms with E-state index >= 15 is 0 Å². The normalized spacial score (nSPS) is 22.0. The van der Waals surface area contributed by atoms with Crippen molar-refractivity contribution in [3.8, 4) is 0 Å². The lowest BCUT2D eigenvalue weighted by Gasteiger charge is -2.36. The predicted molar refractivity (Wildman–Crippen MR) is 76.7 cm³/mol. The van der Waals surface area contributed by atoms with E-state index in [4.69, 9.17) is 5.11 Å². The predicted octanol–water partition coefficient (Wildman–Crippen LogP) is 2.85. The molecular formula is C15H19FN2O3. The number of hydrogen-bond acceptors (Lipinski definition) is 2. The van der Waals surface area contributed by atoms with E-state index in [0.29, 0.717) is 25.1 Å². The molecule has 0 aromatic heterocycles. The summed E-state index contributed by atoms with van der Waals surface area (Å²) in [7, 11) is 0. The third kappa shape index (κ3) is 3.71. The SMILES string of the molecule is Cc1cc(F)cc(NC(=O)N2CCC(C(=O)O)CC2C)c1. The van der Waals surface area contributed by atoms with Gasteiger partial charge in [0.15, 0.2) is 0 Å². The van der Waals surface area contributed by atoms with Gasteiger partial charge in [-0.1, -0.05) is 0 Å². The van der Waals surface area contributed by atoms with Gasteiger partial charge in [-0.2, -0.15) is 0 Å². The van der Waals surface area contributed by atoms with Gasteiger partial charge < -0.3 is 15.3 Å². The zero-order valence-corrected chi connectivity index (χ0v) is 12.1. The van der Waals surface area contributed by atoms with Crippen LogP contribution >= 0.6 is 0 Å². The maximum absolute atomic E-state index is 13.3. The zero-order chi connectivity index (χ0) is 15.6. The van der Waals surface area contributed by atoms with Crippen molar-refractivity contribution in [2.45, 2.75) is 32.7 Å². The summed E-state index contributed by atoms with van der Waals surface area (Å²) in [4.78, 5) is 24.8. The Morgan fingerprint density at radius 1 is 1.38 bits per heavy atom. The first-order valence-corrected chi connectivity index (χ1v) is 6.94. The van der Waals surface area contributed by atoms with Crippen molar-refractivity contribution >= 4 is 17.7 Å². The summed E-state index contributed by atoms with van der Waals surface area (Å²) in [6, 6.07) is 3.86. The van der Waals surface area contributed by atoms with Gasteiger partial charge in [-0.15, -0.1) is 0 Å². The molecule has 1 saturated heterocycles. The molecule has 1 aromatic rings. The van der Waals surface area contributed by atoms with E-state index in [9.17, 15) is 14.0 Å². The second-order valence-corrected chi connectivity index (χ2v) is 5.55. The summed E-state index contributed by atoms with van der Waals surface area (Å²) in [6.45, 7) is 3.96. The lowest BCUT2D eigenvalue weighted by Crippen LogP contribution is -2.47. The molecule has 5 nitrogen and oxygen atoms in total. The van der Waals surface area contributed by atoms with Crippen molar-refractivity contribution in [2.24, 2.45) is 5.92 Å². The molecule has 2 unspecified atom stereocenters. The lowest BCUT2D eigenvalue weighted by molar-refractivity contribution is -0.143. The minimum Gasteiger partial charge on any atom is -0.481 e. The topological polar surface area (TPSA) is 69.6 Å². The van der Waals surface area contributed by atoms with E-state index < -0.39 is 17.7 Å². The molecule has 1 aliphatic rings. The summed E-state index contributed by atoms with van der Waals surface area (Å²) >= 11 is 0. The van der Waals surface area contributed by atoms with Gasteiger partial charge in [-0.05, 0) is 50.5 Å². The van der Waals surface area contributed by atoms with Crippen LogP contribution in [-0.2, 0) is 4.79 Å². The van der Waals surface area contributed by atoms with E-state index in [-0.39, 0.29) is 12.1 Å². The number of halogens is 1. The number of likely N-dealkylation sites (tertiary alicyclic amines) is 1. The number of rotatable bonds is 2. The fourth-order valence-electron chi connectivity index (χ4n) is 2.70. The lowest BCUT2D eigenvalue weighted by atomic mass is 9.92. The quantitative estimate of drug-likeness (QED) is 0.881. The minimum absolute atomic E-state index is 0.158. The molecule has 0 bridgehead atoms. The Kier molecular flexibility index (Phi) is 4.45. The molecule has 0 spiro atoms. The van der Waals surface area contributed by atoms with Gasteiger partial charge >= 0.3 is 12.0 Å². The van der Waals surface area contributed by atoms with Crippen molar-refractivity contribution in [1.29, 1.82) is 0 Å². The maximum atomic E-state index is 13.3. The van der Waals surface area contributed by atoms with Crippen LogP contribution in [0.15, 0.2) is 18.2 Å². The van der Waals surface area contributed by atoms with Gasteiger partial charge in [0.1, 0.15) is 5.82 Å². The van der Waals surface area contributed by atoms with Crippen molar-refractivity contribution in [3.05, 3.63) is 29.6 Å². The number of nitrogens with one attached hydrogen (secondary N) is 1. The number of anilines is 1. The van der Waals surface area contributed by atoms with Crippen molar-refractivity contribution in [3.63, 3.8) is 0 Å². The number of carbonyl (C=O) groups excluding carboxylic acids is 1. The third-order valence-electron chi connectivity index (χ3n) is 3.78. The smallest absolute Gasteiger partial charge is 0.322 e. The van der Waals surface area contributed by atoms with Crippen molar-refractivity contribution < 1.29 is 19.1 Å². The maximum Gasteiger partial charge on any atom is 0.322 e. The number of aryl methyl sites for hydroxylation is 1. The first-order chi connectivity index (χ1) is 9.86. The van der Waals surface area contributed by atoms with Crippen LogP contribution in [0.5, 0.6) is 0 Å². The number of aliphatic carboxylic acids is 1. The highest BCUT2D eigenvalue weighted by Crippen LogP contribution is 2.24. The van der Waals surface area contributed by atoms with Gasteiger partial charge in [0, 0.05) is 18.3 Å². The summed E-state index contributed by atoms with van der Waals surface area (Å²) < 4.78 is 13.3. The van der Waals surface area contributed by atoms with E-state index in [0.717, 1.165) is 5.56 Å². The summed E-state index contributed by atoms with van der Waals surface area (Å²) in [5.41, 5.74) is 1.13. The van der Waals surface area contributed by atoms with Crippen LogP contribution in [0.25, 0.3) is 0 Å². The molecule has 2 N–H and O–H groups in total. The number of nitrogens with zero attached hydrogens (tertiary/aromatic N) is 1. The average molecular weight is 294 g/mol. The number of benzene rings is 1. The van der Waals surface area contributed by atoms with Crippen LogP contribution in [0, 0.1) is 18.7 Å². The number of carboxylic acids is 1. The fraction of sp³-hybridized carbons (Fsp3) is 0.467. The second kappa shape index (κ2) is 6.11. The van der Waals surface area contributed by atoms with Crippen LogP contribution in [0.1, 0.15) is 25.3 Å². The second-order valence-electron chi connectivity index (χ2n) is 5.55. The summed E-state index contributed by atoms with van der Waals surface area (Å²) in [5.74, 6) is -1.62. The van der Waals surface area contributed by atoms with Gasteiger partial charge in [-0.3, -0.25) is 4.79 Å². The molecule has 1 aliphatic heterocycles. The minimum atomic E-state index is -0.817. The Morgan fingerprint density at radius 3 is 2.67 bits per heavy atom. The molecule has 1 fully saturated rings. The Labute approximate surface area is 122 Å². The van der Waals surface area contributed by atoms with E-state index in [1.165, 1.54) is 12.1 Å². The average Bonchev–Trinajstić information content (AvgIpc) is 2.36. The van der Waals surface area contributed by atoms with Gasteiger partial charge in [0.05, 0.1) is 5.92 Å². The van der Waals surface area contributed by atoms with Crippen LogP contribution in [-0.4, -0.2) is 34.6 Å². The third-order valence-corrected chi connectivity index (χ3v) is 3.78. The van der Waals surface area contributed by atoms with Gasteiger partial charge in [-0.25, -0.2) is 9.18 Å². The number of piperidine rings is 1. The Balaban J connectivity index is 2.02. The van der Waals surface area contributed by atoms with Crippen LogP contribution in [0.4, 0.5) is 14.9 Å². The number of hydrogen-bond donors (Lipinski definition) is 2. The molecule has 114 valence electrons. The summed E-state index contributed by atoms with van der Waals surface area (Å²) in [6.07, 6.45) is 0.875. The first-order valence-electron chi connectivity index (χ1n) is 6.94. The van der Waals surface area contributed by atoms with Crippen molar-refractivity contribution in [2.75, 3.05) is 11.9 Å². The van der Waals surface area contributed by atoms with E-state index in [2.05, 4.69) is 5.32 Å². The number of urea groups is 1. The molecule has 1 aromatic carbocycles.